The van der Waals surface area contributed by atoms with Gasteiger partial charge in [-0.05, 0) is 29.5 Å². The van der Waals surface area contributed by atoms with Crippen molar-refractivity contribution in [1.29, 1.82) is 0 Å². The van der Waals surface area contributed by atoms with Crippen molar-refractivity contribution in [1.82, 2.24) is 5.32 Å². The summed E-state index contributed by atoms with van der Waals surface area (Å²) in [6.07, 6.45) is 1.96. The molecule has 0 fully saturated rings. The summed E-state index contributed by atoms with van der Waals surface area (Å²) in [4.78, 5) is 11.6. The van der Waals surface area contributed by atoms with Gasteiger partial charge in [0.15, 0.2) is 0 Å². The molecule has 3 nitrogen and oxygen atoms in total. The molecule has 1 rings (SSSR count). The highest BCUT2D eigenvalue weighted by Gasteiger charge is 2.11. The molecule has 0 saturated carbocycles. The zero-order chi connectivity index (χ0) is 13.5. The van der Waals surface area contributed by atoms with Crippen molar-refractivity contribution in [2.45, 2.75) is 19.2 Å². The van der Waals surface area contributed by atoms with Crippen LogP contribution in [0.1, 0.15) is 18.1 Å². The van der Waals surface area contributed by atoms with E-state index in [0.717, 1.165) is 16.9 Å². The van der Waals surface area contributed by atoms with Crippen LogP contribution in [0.5, 0.6) is 0 Å². The van der Waals surface area contributed by atoms with E-state index in [-0.39, 0.29) is 17.6 Å². The minimum absolute atomic E-state index is 0.0723. The lowest BCUT2D eigenvalue weighted by molar-refractivity contribution is -0.124. The zero-order valence-electron chi connectivity index (χ0n) is 10.7. The molecule has 1 aromatic rings. The van der Waals surface area contributed by atoms with Crippen LogP contribution < -0.4 is 11.1 Å². The lowest BCUT2D eigenvalue weighted by Gasteiger charge is -2.12. The maximum absolute atomic E-state index is 13.1. The molecule has 1 amide bonds. The van der Waals surface area contributed by atoms with Gasteiger partial charge in [0.05, 0.1) is 0 Å². The first-order chi connectivity index (χ1) is 8.58. The van der Waals surface area contributed by atoms with Crippen LogP contribution in [0, 0.1) is 11.7 Å². The molecule has 100 valence electrons. The molecular formula is C13H19FN2OS. The first kappa shape index (κ1) is 15.0. The molecule has 1 unspecified atom stereocenters. The van der Waals surface area contributed by atoms with Gasteiger partial charge in [-0.3, -0.25) is 4.79 Å². The number of thioether (sulfide) groups is 1. The Morgan fingerprint density at radius 3 is 2.83 bits per heavy atom. The van der Waals surface area contributed by atoms with Gasteiger partial charge in [-0.2, -0.15) is 11.8 Å². The summed E-state index contributed by atoms with van der Waals surface area (Å²) in [6, 6.07) is 4.65. The van der Waals surface area contributed by atoms with Gasteiger partial charge in [0.2, 0.25) is 5.91 Å². The Bertz CT molecular complexity index is 412. The Labute approximate surface area is 111 Å². The highest BCUT2D eigenvalue weighted by molar-refractivity contribution is 7.97. The molecule has 0 aliphatic heterocycles. The van der Waals surface area contributed by atoms with Crippen LogP contribution in [0.25, 0.3) is 0 Å². The number of carbonyl (C=O) groups excluding carboxylic acids is 1. The second-order valence-corrected chi connectivity index (χ2v) is 5.07. The van der Waals surface area contributed by atoms with Gasteiger partial charge < -0.3 is 11.1 Å². The molecule has 0 bridgehead atoms. The molecule has 1 atom stereocenters. The SMILES string of the molecule is CSCc1cc(F)ccc1CNC(=O)C(C)CN. The standard InChI is InChI=1S/C13H19FN2OS/c1-9(6-15)13(17)16-7-10-3-4-12(14)5-11(10)8-18-2/h3-5,9H,6-8,15H2,1-2H3,(H,16,17). The van der Waals surface area contributed by atoms with Crippen LogP contribution >= 0.6 is 11.8 Å². The summed E-state index contributed by atoms with van der Waals surface area (Å²) in [5.74, 6) is 0.214. The lowest BCUT2D eigenvalue weighted by atomic mass is 10.1. The van der Waals surface area contributed by atoms with Crippen molar-refractivity contribution in [3.63, 3.8) is 0 Å². The van der Waals surface area contributed by atoms with Crippen LogP contribution in [0.4, 0.5) is 4.39 Å². The van der Waals surface area contributed by atoms with E-state index in [9.17, 15) is 9.18 Å². The molecule has 3 N–H and O–H groups in total. The molecule has 0 aliphatic rings. The molecular weight excluding hydrogens is 251 g/mol. The number of nitrogens with one attached hydrogen (secondary N) is 1. The number of nitrogens with two attached hydrogens (primary N) is 1. The molecule has 0 radical (unpaired) electrons. The minimum Gasteiger partial charge on any atom is -0.352 e. The molecule has 0 aliphatic carbocycles. The maximum atomic E-state index is 13.1. The van der Waals surface area contributed by atoms with Crippen LogP contribution in [-0.4, -0.2) is 18.7 Å². The monoisotopic (exact) mass is 270 g/mol. The lowest BCUT2D eigenvalue weighted by Crippen LogP contribution is -2.33. The Morgan fingerprint density at radius 2 is 2.22 bits per heavy atom. The number of hydrogen-bond acceptors (Lipinski definition) is 3. The minimum atomic E-state index is -0.246. The maximum Gasteiger partial charge on any atom is 0.224 e. The van der Waals surface area contributed by atoms with E-state index < -0.39 is 0 Å². The smallest absolute Gasteiger partial charge is 0.224 e. The van der Waals surface area contributed by atoms with Gasteiger partial charge in [0.1, 0.15) is 5.82 Å². The van der Waals surface area contributed by atoms with E-state index in [1.54, 1.807) is 24.8 Å². The summed E-state index contributed by atoms with van der Waals surface area (Å²) in [5.41, 5.74) is 7.29. The third-order valence-electron chi connectivity index (χ3n) is 2.72. The van der Waals surface area contributed by atoms with Gasteiger partial charge in [0, 0.05) is 24.8 Å². The number of carbonyl (C=O) groups is 1. The second-order valence-electron chi connectivity index (χ2n) is 4.20. The first-order valence-electron chi connectivity index (χ1n) is 5.82. The van der Waals surface area contributed by atoms with Crippen molar-refractivity contribution in [2.75, 3.05) is 12.8 Å². The van der Waals surface area contributed by atoms with Crippen molar-refractivity contribution in [3.8, 4) is 0 Å². The van der Waals surface area contributed by atoms with Crippen LogP contribution in [0.15, 0.2) is 18.2 Å². The van der Waals surface area contributed by atoms with Gasteiger partial charge in [-0.25, -0.2) is 4.39 Å². The van der Waals surface area contributed by atoms with Crippen molar-refractivity contribution < 1.29 is 9.18 Å². The van der Waals surface area contributed by atoms with E-state index in [0.29, 0.717) is 13.1 Å². The summed E-state index contributed by atoms with van der Waals surface area (Å²) in [5, 5.41) is 2.82. The molecule has 18 heavy (non-hydrogen) atoms. The fraction of sp³-hybridized carbons (Fsp3) is 0.462. The average Bonchev–Trinajstić information content (AvgIpc) is 2.37. The number of halogens is 1. The highest BCUT2D eigenvalue weighted by atomic mass is 32.2. The van der Waals surface area contributed by atoms with Gasteiger partial charge in [-0.1, -0.05) is 13.0 Å². The summed E-state index contributed by atoms with van der Waals surface area (Å²) in [6.45, 7) is 2.52. The van der Waals surface area contributed by atoms with E-state index in [1.165, 1.54) is 12.1 Å². The van der Waals surface area contributed by atoms with Gasteiger partial charge in [-0.15, -0.1) is 0 Å². The average molecular weight is 270 g/mol. The van der Waals surface area contributed by atoms with Crippen molar-refractivity contribution in [3.05, 3.63) is 35.1 Å². The molecule has 0 aromatic heterocycles. The van der Waals surface area contributed by atoms with Gasteiger partial charge in [0.25, 0.3) is 0 Å². The third kappa shape index (κ3) is 4.31. The highest BCUT2D eigenvalue weighted by Crippen LogP contribution is 2.16. The predicted octanol–water partition coefficient (Wildman–Crippen LogP) is 1.90. The summed E-state index contributed by atoms with van der Waals surface area (Å²) >= 11 is 1.62. The molecule has 5 heteroatoms. The van der Waals surface area contributed by atoms with Crippen LogP contribution in [-0.2, 0) is 17.1 Å². The van der Waals surface area contributed by atoms with Crippen LogP contribution in [0.3, 0.4) is 0 Å². The van der Waals surface area contributed by atoms with E-state index in [1.807, 2.05) is 6.26 Å². The number of benzene rings is 1. The van der Waals surface area contributed by atoms with E-state index in [4.69, 9.17) is 5.73 Å². The number of amides is 1. The molecule has 1 aromatic carbocycles. The predicted molar refractivity (Wildman–Crippen MR) is 73.7 cm³/mol. The Balaban J connectivity index is 2.69. The largest absolute Gasteiger partial charge is 0.352 e. The van der Waals surface area contributed by atoms with Gasteiger partial charge >= 0.3 is 0 Å². The Kier molecular flexibility index (Phi) is 6.15. The molecule has 0 heterocycles. The molecule has 0 spiro atoms. The second kappa shape index (κ2) is 7.38. The normalized spacial score (nSPS) is 12.2. The van der Waals surface area contributed by atoms with Crippen molar-refractivity contribution in [2.24, 2.45) is 11.7 Å². The van der Waals surface area contributed by atoms with Crippen molar-refractivity contribution >= 4 is 17.7 Å². The van der Waals surface area contributed by atoms with E-state index >= 15 is 0 Å². The number of rotatable bonds is 6. The molecule has 0 saturated heterocycles. The Hall–Kier alpha value is -1.07. The Morgan fingerprint density at radius 1 is 1.50 bits per heavy atom. The summed E-state index contributed by atoms with van der Waals surface area (Å²) in [7, 11) is 0. The summed E-state index contributed by atoms with van der Waals surface area (Å²) < 4.78 is 13.1. The fourth-order valence-corrected chi connectivity index (χ4v) is 2.10. The van der Waals surface area contributed by atoms with E-state index in [2.05, 4.69) is 5.32 Å². The first-order valence-corrected chi connectivity index (χ1v) is 7.22. The number of hydrogen-bond donors (Lipinski definition) is 2. The fourth-order valence-electron chi connectivity index (χ4n) is 1.52. The quantitative estimate of drug-likeness (QED) is 0.830. The topological polar surface area (TPSA) is 55.1 Å². The third-order valence-corrected chi connectivity index (χ3v) is 3.32. The zero-order valence-corrected chi connectivity index (χ0v) is 11.5. The van der Waals surface area contributed by atoms with Crippen LogP contribution in [0.2, 0.25) is 0 Å².